The van der Waals surface area contributed by atoms with Crippen molar-refractivity contribution >= 4 is 23.4 Å². The number of hydrogen-bond donors (Lipinski definition) is 3. The molecule has 2 aromatic carbocycles. The molecule has 3 N–H and O–H groups in total. The van der Waals surface area contributed by atoms with E-state index in [1.54, 1.807) is 48.7 Å². The van der Waals surface area contributed by atoms with Gasteiger partial charge < -0.3 is 25.4 Å². The Morgan fingerprint density at radius 2 is 1.70 bits per heavy atom. The molecule has 0 saturated carbocycles. The van der Waals surface area contributed by atoms with Gasteiger partial charge in [0, 0.05) is 31.4 Å². The van der Waals surface area contributed by atoms with E-state index in [9.17, 15) is 14.4 Å². The molecule has 0 fully saturated rings. The summed E-state index contributed by atoms with van der Waals surface area (Å²) in [7, 11) is 0. The summed E-state index contributed by atoms with van der Waals surface area (Å²) in [4.78, 5) is 41.4. The minimum absolute atomic E-state index is 0.176. The number of benzene rings is 2. The molecule has 0 aliphatic carbocycles. The van der Waals surface area contributed by atoms with Crippen molar-refractivity contribution in [3.63, 3.8) is 0 Å². The zero-order valence-electron chi connectivity index (χ0n) is 17.7. The van der Waals surface area contributed by atoms with Crippen molar-refractivity contribution in [2.24, 2.45) is 0 Å². The molecule has 0 saturated heterocycles. The average Bonchev–Trinajstić information content (AvgIpc) is 3.31. The number of pyridine rings is 1. The number of amides is 3. The van der Waals surface area contributed by atoms with Gasteiger partial charge in [0.15, 0.2) is 11.5 Å². The number of ether oxygens (including phenoxy) is 2. The first-order chi connectivity index (χ1) is 16.1. The summed E-state index contributed by atoms with van der Waals surface area (Å²) in [5, 5.41) is 7.87. The van der Waals surface area contributed by atoms with Crippen LogP contribution in [0.4, 0.5) is 5.69 Å². The third-order valence-electron chi connectivity index (χ3n) is 4.91. The second-order valence-corrected chi connectivity index (χ2v) is 7.20. The van der Waals surface area contributed by atoms with Crippen LogP contribution in [0, 0.1) is 0 Å². The Kier molecular flexibility index (Phi) is 6.79. The van der Waals surface area contributed by atoms with Crippen LogP contribution >= 0.6 is 0 Å². The van der Waals surface area contributed by atoms with Gasteiger partial charge in [-0.05, 0) is 42.0 Å². The predicted molar refractivity (Wildman–Crippen MR) is 120 cm³/mol. The summed E-state index contributed by atoms with van der Waals surface area (Å²) < 4.78 is 10.6. The Balaban J connectivity index is 1.32. The number of hydrogen-bond acceptors (Lipinski definition) is 6. The summed E-state index contributed by atoms with van der Waals surface area (Å²) >= 11 is 0. The molecule has 9 heteroatoms. The van der Waals surface area contributed by atoms with E-state index in [4.69, 9.17) is 9.47 Å². The number of carbonyl (C=O) groups is 3. The van der Waals surface area contributed by atoms with E-state index in [-0.39, 0.29) is 37.0 Å². The summed E-state index contributed by atoms with van der Waals surface area (Å²) in [6, 6.07) is 17.4. The van der Waals surface area contributed by atoms with Gasteiger partial charge >= 0.3 is 11.8 Å². The number of aromatic nitrogens is 1. The lowest BCUT2D eigenvalue weighted by Crippen LogP contribution is -2.37. The standard InChI is InChI=1S/C24H22N4O5/c29-22(27-14-16-8-9-20-21(13-16)33-15-32-20)18-6-1-2-7-19(18)28-24(31)23(30)26-12-10-17-5-3-4-11-25-17/h1-9,11,13H,10,12,14-15H2,(H,26,30)(H,27,29)(H,28,31). The lowest BCUT2D eigenvalue weighted by molar-refractivity contribution is -0.136. The molecular formula is C24H22N4O5. The summed E-state index contributed by atoms with van der Waals surface area (Å²) in [6.07, 6.45) is 2.16. The van der Waals surface area contributed by atoms with E-state index >= 15 is 0 Å². The van der Waals surface area contributed by atoms with Crippen LogP contribution in [-0.4, -0.2) is 36.0 Å². The molecule has 0 radical (unpaired) electrons. The third-order valence-corrected chi connectivity index (χ3v) is 4.91. The number of carbonyl (C=O) groups excluding carboxylic acids is 3. The average molecular weight is 446 g/mol. The first kappa shape index (κ1) is 21.8. The number of fused-ring (bicyclic) bond motifs is 1. The Labute approximate surface area is 190 Å². The van der Waals surface area contributed by atoms with Crippen LogP contribution in [0.3, 0.4) is 0 Å². The van der Waals surface area contributed by atoms with Crippen LogP contribution < -0.4 is 25.4 Å². The van der Waals surface area contributed by atoms with Crippen LogP contribution in [-0.2, 0) is 22.6 Å². The van der Waals surface area contributed by atoms with Crippen molar-refractivity contribution in [3.05, 3.63) is 83.7 Å². The molecule has 4 rings (SSSR count). The van der Waals surface area contributed by atoms with E-state index in [0.29, 0.717) is 17.9 Å². The maximum atomic E-state index is 12.7. The van der Waals surface area contributed by atoms with E-state index < -0.39 is 11.8 Å². The van der Waals surface area contributed by atoms with Crippen LogP contribution in [0.15, 0.2) is 66.9 Å². The highest BCUT2D eigenvalue weighted by atomic mass is 16.7. The van der Waals surface area contributed by atoms with Gasteiger partial charge in [0.2, 0.25) is 6.79 Å². The van der Waals surface area contributed by atoms with Gasteiger partial charge in [0.25, 0.3) is 5.91 Å². The van der Waals surface area contributed by atoms with Gasteiger partial charge in [-0.25, -0.2) is 0 Å². The third kappa shape index (κ3) is 5.65. The molecule has 3 amide bonds. The van der Waals surface area contributed by atoms with Crippen molar-refractivity contribution in [2.45, 2.75) is 13.0 Å². The van der Waals surface area contributed by atoms with Crippen molar-refractivity contribution in [1.82, 2.24) is 15.6 Å². The van der Waals surface area contributed by atoms with Crippen LogP contribution in [0.5, 0.6) is 11.5 Å². The maximum absolute atomic E-state index is 12.7. The first-order valence-corrected chi connectivity index (χ1v) is 10.3. The van der Waals surface area contributed by atoms with Crippen molar-refractivity contribution in [2.75, 3.05) is 18.7 Å². The fourth-order valence-corrected chi connectivity index (χ4v) is 3.23. The molecular weight excluding hydrogens is 424 g/mol. The molecule has 0 unspecified atom stereocenters. The Hall–Kier alpha value is -4.40. The largest absolute Gasteiger partial charge is 0.454 e. The molecule has 3 aromatic rings. The smallest absolute Gasteiger partial charge is 0.313 e. The quantitative estimate of drug-likeness (QED) is 0.478. The van der Waals surface area contributed by atoms with Gasteiger partial charge in [-0.1, -0.05) is 24.3 Å². The Morgan fingerprint density at radius 1 is 0.879 bits per heavy atom. The van der Waals surface area contributed by atoms with E-state index in [1.807, 2.05) is 18.2 Å². The number of nitrogens with zero attached hydrogens (tertiary/aromatic N) is 1. The molecule has 9 nitrogen and oxygen atoms in total. The molecule has 1 aromatic heterocycles. The molecule has 1 aliphatic heterocycles. The van der Waals surface area contributed by atoms with Crippen molar-refractivity contribution in [1.29, 1.82) is 0 Å². The second kappa shape index (κ2) is 10.3. The highest BCUT2D eigenvalue weighted by molar-refractivity contribution is 6.40. The molecule has 168 valence electrons. The SMILES string of the molecule is O=C(NCCc1ccccn1)C(=O)Nc1ccccc1C(=O)NCc1ccc2c(c1)OCO2. The van der Waals surface area contributed by atoms with Crippen LogP contribution in [0.25, 0.3) is 0 Å². The Morgan fingerprint density at radius 3 is 2.55 bits per heavy atom. The predicted octanol–water partition coefficient (Wildman–Crippen LogP) is 2.04. The first-order valence-electron chi connectivity index (χ1n) is 10.3. The van der Waals surface area contributed by atoms with Gasteiger partial charge in [0.1, 0.15) is 0 Å². The zero-order chi connectivity index (χ0) is 23.0. The van der Waals surface area contributed by atoms with E-state index in [0.717, 1.165) is 11.3 Å². The minimum Gasteiger partial charge on any atom is -0.454 e. The summed E-state index contributed by atoms with van der Waals surface area (Å²) in [5.74, 6) is -0.743. The molecule has 0 bridgehead atoms. The maximum Gasteiger partial charge on any atom is 0.313 e. The lowest BCUT2D eigenvalue weighted by atomic mass is 10.1. The monoisotopic (exact) mass is 446 g/mol. The number of anilines is 1. The van der Waals surface area contributed by atoms with Gasteiger partial charge in [-0.3, -0.25) is 19.4 Å². The number of para-hydroxylation sites is 1. The second-order valence-electron chi connectivity index (χ2n) is 7.20. The summed E-state index contributed by atoms with van der Waals surface area (Å²) in [5.41, 5.74) is 2.13. The fourth-order valence-electron chi connectivity index (χ4n) is 3.23. The molecule has 0 atom stereocenters. The van der Waals surface area contributed by atoms with Gasteiger partial charge in [-0.2, -0.15) is 0 Å². The highest BCUT2D eigenvalue weighted by Gasteiger charge is 2.18. The summed E-state index contributed by atoms with van der Waals surface area (Å²) in [6.45, 7) is 0.696. The van der Waals surface area contributed by atoms with Gasteiger partial charge in [0.05, 0.1) is 11.3 Å². The Bertz CT molecular complexity index is 1170. The van der Waals surface area contributed by atoms with E-state index in [2.05, 4.69) is 20.9 Å². The normalized spacial score (nSPS) is 11.5. The fraction of sp³-hybridized carbons (Fsp3) is 0.167. The number of rotatable bonds is 7. The van der Waals surface area contributed by atoms with Crippen LogP contribution in [0.1, 0.15) is 21.6 Å². The molecule has 2 heterocycles. The molecule has 0 spiro atoms. The van der Waals surface area contributed by atoms with Crippen molar-refractivity contribution < 1.29 is 23.9 Å². The molecule has 1 aliphatic rings. The zero-order valence-corrected chi connectivity index (χ0v) is 17.7. The topological polar surface area (TPSA) is 119 Å². The number of nitrogens with one attached hydrogen (secondary N) is 3. The molecule has 33 heavy (non-hydrogen) atoms. The van der Waals surface area contributed by atoms with Crippen LogP contribution in [0.2, 0.25) is 0 Å². The van der Waals surface area contributed by atoms with Crippen molar-refractivity contribution in [3.8, 4) is 11.5 Å². The highest BCUT2D eigenvalue weighted by Crippen LogP contribution is 2.32. The minimum atomic E-state index is -0.855. The van der Waals surface area contributed by atoms with Gasteiger partial charge in [-0.15, -0.1) is 0 Å². The van der Waals surface area contributed by atoms with E-state index in [1.165, 1.54) is 0 Å². The lowest BCUT2D eigenvalue weighted by Gasteiger charge is -2.12.